The van der Waals surface area contributed by atoms with Crippen LogP contribution in [0.3, 0.4) is 0 Å². The fraction of sp³-hybridized carbons (Fsp3) is 0.867. The lowest BCUT2D eigenvalue weighted by molar-refractivity contribution is -0.525. The number of carbonyl (C=O) groups is 1. The molecule has 0 saturated carbocycles. The average molecular weight is 329 g/mol. The van der Waals surface area contributed by atoms with E-state index in [2.05, 4.69) is 17.2 Å². The van der Waals surface area contributed by atoms with Gasteiger partial charge in [-0.3, -0.25) is 4.79 Å². The summed E-state index contributed by atoms with van der Waals surface area (Å²) < 4.78 is 0. The Morgan fingerprint density at radius 1 is 1.22 bits per heavy atom. The SMILES string of the molecule is CCCCCCCCNC(=O)[C@@H](C)CCCN=C(N)N[N+](=O)[O-]. The molecular formula is C15H31N5O3. The van der Waals surface area contributed by atoms with E-state index in [0.29, 0.717) is 19.4 Å². The van der Waals surface area contributed by atoms with Crippen LogP contribution in [0.4, 0.5) is 0 Å². The smallest absolute Gasteiger partial charge is 0.251 e. The highest BCUT2D eigenvalue weighted by atomic mass is 16.7. The van der Waals surface area contributed by atoms with Crippen LogP contribution >= 0.6 is 0 Å². The molecule has 4 N–H and O–H groups in total. The Morgan fingerprint density at radius 2 is 1.87 bits per heavy atom. The molecule has 8 heteroatoms. The average Bonchev–Trinajstić information content (AvgIpc) is 2.49. The van der Waals surface area contributed by atoms with Gasteiger partial charge in [0.2, 0.25) is 5.91 Å². The van der Waals surface area contributed by atoms with Crippen molar-refractivity contribution in [2.75, 3.05) is 13.1 Å². The number of guanidine groups is 1. The maximum Gasteiger partial charge on any atom is 0.251 e. The van der Waals surface area contributed by atoms with Crippen molar-refractivity contribution in [3.8, 4) is 0 Å². The molecule has 134 valence electrons. The second-order valence-electron chi connectivity index (χ2n) is 5.74. The summed E-state index contributed by atoms with van der Waals surface area (Å²) in [5.74, 6) is -0.246. The van der Waals surface area contributed by atoms with Crippen molar-refractivity contribution in [1.29, 1.82) is 0 Å². The molecule has 0 aliphatic carbocycles. The highest BCUT2D eigenvalue weighted by Crippen LogP contribution is 2.07. The Morgan fingerprint density at radius 3 is 2.52 bits per heavy atom. The van der Waals surface area contributed by atoms with Crippen LogP contribution in [-0.4, -0.2) is 30.0 Å². The molecule has 0 saturated heterocycles. The maximum absolute atomic E-state index is 11.9. The Balaban J connectivity index is 3.64. The van der Waals surface area contributed by atoms with E-state index in [1.807, 2.05) is 6.92 Å². The monoisotopic (exact) mass is 329 g/mol. The Hall–Kier alpha value is -1.86. The lowest BCUT2D eigenvalue weighted by Crippen LogP contribution is -2.36. The fourth-order valence-electron chi connectivity index (χ4n) is 2.15. The van der Waals surface area contributed by atoms with Gasteiger partial charge in [-0.2, -0.15) is 0 Å². The van der Waals surface area contributed by atoms with Gasteiger partial charge in [-0.05, 0) is 19.3 Å². The summed E-state index contributed by atoms with van der Waals surface area (Å²) >= 11 is 0. The number of unbranched alkanes of at least 4 members (excludes halogenated alkanes) is 5. The number of hydrogen-bond donors (Lipinski definition) is 3. The number of nitrogens with zero attached hydrogens (tertiary/aromatic N) is 2. The number of nitrogens with two attached hydrogens (primary N) is 1. The van der Waals surface area contributed by atoms with Gasteiger partial charge in [0.05, 0.1) is 0 Å². The lowest BCUT2D eigenvalue weighted by atomic mass is 10.0. The van der Waals surface area contributed by atoms with Crippen molar-refractivity contribution in [2.45, 2.75) is 65.2 Å². The number of rotatable bonds is 13. The third kappa shape index (κ3) is 13.5. The molecule has 0 bridgehead atoms. The number of amides is 1. The summed E-state index contributed by atoms with van der Waals surface area (Å²) in [7, 11) is 0. The molecular weight excluding hydrogens is 298 g/mol. The van der Waals surface area contributed by atoms with Crippen molar-refractivity contribution >= 4 is 11.9 Å². The number of aliphatic imine (C=N–C) groups is 1. The number of nitrogens with one attached hydrogen (secondary N) is 2. The van der Waals surface area contributed by atoms with Gasteiger partial charge in [-0.15, -0.1) is 0 Å². The van der Waals surface area contributed by atoms with Gasteiger partial charge in [-0.25, -0.2) is 15.1 Å². The van der Waals surface area contributed by atoms with Crippen LogP contribution in [0.5, 0.6) is 0 Å². The highest BCUT2D eigenvalue weighted by molar-refractivity contribution is 5.78. The quantitative estimate of drug-likeness (QED) is 0.157. The summed E-state index contributed by atoms with van der Waals surface area (Å²) in [6.07, 6.45) is 8.55. The predicted octanol–water partition coefficient (Wildman–Crippen LogP) is 1.98. The van der Waals surface area contributed by atoms with Gasteiger partial charge in [0.15, 0.2) is 5.03 Å². The number of carbonyl (C=O) groups excluding carboxylic acids is 1. The Bertz CT molecular complexity index is 374. The molecule has 0 rings (SSSR count). The minimum absolute atomic E-state index is 0.0546. The molecule has 0 aromatic heterocycles. The third-order valence-electron chi connectivity index (χ3n) is 3.56. The Kier molecular flexibility index (Phi) is 12.7. The fourth-order valence-corrected chi connectivity index (χ4v) is 2.15. The van der Waals surface area contributed by atoms with Crippen LogP contribution in [0, 0.1) is 16.0 Å². The van der Waals surface area contributed by atoms with Crippen LogP contribution in [0.2, 0.25) is 0 Å². The molecule has 0 aromatic rings. The molecule has 0 unspecified atom stereocenters. The first kappa shape index (κ1) is 21.1. The van der Waals surface area contributed by atoms with Crippen molar-refractivity contribution in [3.63, 3.8) is 0 Å². The van der Waals surface area contributed by atoms with E-state index in [1.165, 1.54) is 25.7 Å². The van der Waals surface area contributed by atoms with Gasteiger partial charge in [0.25, 0.3) is 5.96 Å². The molecule has 0 fully saturated rings. The zero-order chi connectivity index (χ0) is 17.5. The van der Waals surface area contributed by atoms with E-state index in [1.54, 1.807) is 5.43 Å². The van der Waals surface area contributed by atoms with Gasteiger partial charge in [0.1, 0.15) is 0 Å². The molecule has 23 heavy (non-hydrogen) atoms. The summed E-state index contributed by atoms with van der Waals surface area (Å²) in [6, 6.07) is 0. The number of hydrogen-bond acceptors (Lipinski definition) is 4. The zero-order valence-corrected chi connectivity index (χ0v) is 14.3. The van der Waals surface area contributed by atoms with E-state index in [9.17, 15) is 14.9 Å². The first-order valence-corrected chi connectivity index (χ1v) is 8.46. The van der Waals surface area contributed by atoms with Crippen molar-refractivity contribution in [3.05, 3.63) is 10.1 Å². The summed E-state index contributed by atoms with van der Waals surface area (Å²) in [4.78, 5) is 25.8. The summed E-state index contributed by atoms with van der Waals surface area (Å²) in [6.45, 7) is 5.16. The molecule has 0 heterocycles. The first-order valence-electron chi connectivity index (χ1n) is 8.46. The summed E-state index contributed by atoms with van der Waals surface area (Å²) in [5.41, 5.74) is 7.07. The van der Waals surface area contributed by atoms with Gasteiger partial charge < -0.3 is 11.1 Å². The van der Waals surface area contributed by atoms with E-state index >= 15 is 0 Å². The van der Waals surface area contributed by atoms with Gasteiger partial charge in [0, 0.05) is 19.0 Å². The van der Waals surface area contributed by atoms with E-state index in [-0.39, 0.29) is 17.8 Å². The van der Waals surface area contributed by atoms with Crippen LogP contribution in [-0.2, 0) is 4.79 Å². The highest BCUT2D eigenvalue weighted by Gasteiger charge is 2.11. The molecule has 0 aliphatic heterocycles. The maximum atomic E-state index is 11.9. The molecule has 0 aromatic carbocycles. The molecule has 0 radical (unpaired) electrons. The largest absolute Gasteiger partial charge is 0.365 e. The lowest BCUT2D eigenvalue weighted by Gasteiger charge is -2.11. The van der Waals surface area contributed by atoms with E-state index in [4.69, 9.17) is 5.73 Å². The topological polar surface area (TPSA) is 123 Å². The molecule has 0 spiro atoms. The Labute approximate surface area is 138 Å². The molecule has 1 atom stereocenters. The second kappa shape index (κ2) is 13.8. The molecule has 0 aliphatic rings. The van der Waals surface area contributed by atoms with Crippen molar-refractivity contribution in [1.82, 2.24) is 10.7 Å². The number of hydrazine groups is 1. The summed E-state index contributed by atoms with van der Waals surface area (Å²) in [5, 5.41) is 12.3. The predicted molar refractivity (Wildman–Crippen MR) is 91.4 cm³/mol. The molecule has 1 amide bonds. The van der Waals surface area contributed by atoms with Crippen LogP contribution in [0.25, 0.3) is 0 Å². The van der Waals surface area contributed by atoms with Crippen LogP contribution in [0.15, 0.2) is 4.99 Å². The van der Waals surface area contributed by atoms with Crippen molar-refractivity contribution in [2.24, 2.45) is 16.6 Å². The van der Waals surface area contributed by atoms with E-state index in [0.717, 1.165) is 19.4 Å². The minimum atomic E-state index is -0.753. The van der Waals surface area contributed by atoms with Crippen molar-refractivity contribution < 1.29 is 9.83 Å². The van der Waals surface area contributed by atoms with E-state index < -0.39 is 5.03 Å². The standard InChI is InChI=1S/C15H31N5O3/c1-3-4-5-6-7-8-11-17-14(21)13(2)10-9-12-18-15(16)19-20(22)23/h13H,3-12H2,1-2H3,(H,17,21)(H3,16,18,19)/t13-/m0/s1. The normalized spacial score (nSPS) is 12.7. The first-order chi connectivity index (χ1) is 11.0. The molecule has 8 nitrogen and oxygen atoms in total. The van der Waals surface area contributed by atoms with Gasteiger partial charge in [-0.1, -0.05) is 51.4 Å². The zero-order valence-electron chi connectivity index (χ0n) is 14.3. The minimum Gasteiger partial charge on any atom is -0.365 e. The van der Waals surface area contributed by atoms with Gasteiger partial charge >= 0.3 is 0 Å². The van der Waals surface area contributed by atoms with Crippen LogP contribution in [0.1, 0.15) is 65.2 Å². The van der Waals surface area contributed by atoms with Crippen LogP contribution < -0.4 is 16.5 Å². The second-order valence-corrected chi connectivity index (χ2v) is 5.74. The third-order valence-corrected chi connectivity index (χ3v) is 3.56. The number of nitro groups is 1.